The molecule has 1 heterocycles. The number of rotatable bonds is 5. The summed E-state index contributed by atoms with van der Waals surface area (Å²) in [5.74, 6) is 0.408. The summed E-state index contributed by atoms with van der Waals surface area (Å²) in [7, 11) is 0. The molecule has 0 saturated heterocycles. The van der Waals surface area contributed by atoms with E-state index >= 15 is 0 Å². The quantitative estimate of drug-likeness (QED) is 0.878. The summed E-state index contributed by atoms with van der Waals surface area (Å²) in [5.41, 5.74) is 2.36. The maximum atomic E-state index is 13.5. The Morgan fingerprint density at radius 3 is 2.63 bits per heavy atom. The SMILES string of the molecule is CC(C)NCC(C(C)C)N1CCc2ccc(F)cc21. The highest BCUT2D eigenvalue weighted by atomic mass is 19.1. The van der Waals surface area contributed by atoms with E-state index in [9.17, 15) is 4.39 Å². The van der Waals surface area contributed by atoms with E-state index in [1.54, 1.807) is 12.1 Å². The predicted molar refractivity (Wildman–Crippen MR) is 79.2 cm³/mol. The number of nitrogens with one attached hydrogen (secondary N) is 1. The van der Waals surface area contributed by atoms with Crippen molar-refractivity contribution in [3.05, 3.63) is 29.6 Å². The van der Waals surface area contributed by atoms with Crippen molar-refractivity contribution < 1.29 is 4.39 Å². The van der Waals surface area contributed by atoms with Crippen molar-refractivity contribution in [3.63, 3.8) is 0 Å². The smallest absolute Gasteiger partial charge is 0.125 e. The summed E-state index contributed by atoms with van der Waals surface area (Å²) in [5, 5.41) is 3.51. The highest BCUT2D eigenvalue weighted by Gasteiger charge is 2.28. The van der Waals surface area contributed by atoms with E-state index < -0.39 is 0 Å². The molecule has 1 unspecified atom stereocenters. The zero-order valence-corrected chi connectivity index (χ0v) is 12.4. The third-order valence-electron chi connectivity index (χ3n) is 3.88. The van der Waals surface area contributed by atoms with E-state index in [1.165, 1.54) is 5.56 Å². The Kier molecular flexibility index (Phi) is 4.46. The zero-order chi connectivity index (χ0) is 14.0. The second-order valence-corrected chi connectivity index (χ2v) is 6.09. The van der Waals surface area contributed by atoms with Crippen molar-refractivity contribution in [3.8, 4) is 0 Å². The van der Waals surface area contributed by atoms with Crippen LogP contribution in [0.2, 0.25) is 0 Å². The first-order valence-electron chi connectivity index (χ1n) is 7.27. The van der Waals surface area contributed by atoms with E-state index in [2.05, 4.69) is 37.9 Å². The van der Waals surface area contributed by atoms with E-state index in [4.69, 9.17) is 0 Å². The maximum absolute atomic E-state index is 13.5. The fourth-order valence-electron chi connectivity index (χ4n) is 2.78. The average molecular weight is 264 g/mol. The van der Waals surface area contributed by atoms with Crippen LogP contribution in [0.3, 0.4) is 0 Å². The molecule has 1 aromatic rings. The average Bonchev–Trinajstić information content (AvgIpc) is 2.72. The maximum Gasteiger partial charge on any atom is 0.125 e. The van der Waals surface area contributed by atoms with Crippen LogP contribution in [-0.4, -0.2) is 25.2 Å². The number of nitrogens with zero attached hydrogens (tertiary/aromatic N) is 1. The van der Waals surface area contributed by atoms with Crippen molar-refractivity contribution in [1.29, 1.82) is 0 Å². The Labute approximate surface area is 116 Å². The highest BCUT2D eigenvalue weighted by Crippen LogP contribution is 2.32. The Morgan fingerprint density at radius 1 is 1.26 bits per heavy atom. The van der Waals surface area contributed by atoms with Gasteiger partial charge in [-0.2, -0.15) is 0 Å². The van der Waals surface area contributed by atoms with E-state index in [0.717, 1.165) is 25.2 Å². The van der Waals surface area contributed by atoms with Crippen molar-refractivity contribution >= 4 is 5.69 Å². The van der Waals surface area contributed by atoms with Gasteiger partial charge >= 0.3 is 0 Å². The summed E-state index contributed by atoms with van der Waals surface area (Å²) in [6, 6.07) is 6.09. The first-order valence-corrected chi connectivity index (χ1v) is 7.27. The van der Waals surface area contributed by atoms with Gasteiger partial charge in [0, 0.05) is 30.9 Å². The molecule has 0 bridgehead atoms. The molecule has 1 aliphatic rings. The van der Waals surface area contributed by atoms with Crippen molar-refractivity contribution in [2.45, 2.75) is 46.2 Å². The number of fused-ring (bicyclic) bond motifs is 1. The van der Waals surface area contributed by atoms with Crippen LogP contribution in [0.5, 0.6) is 0 Å². The standard InChI is InChI=1S/C16H25FN2/c1-11(2)16(10-18-12(3)4)19-8-7-13-5-6-14(17)9-15(13)19/h5-6,9,11-12,16,18H,7-8,10H2,1-4H3. The monoisotopic (exact) mass is 264 g/mol. The zero-order valence-electron chi connectivity index (χ0n) is 12.4. The largest absolute Gasteiger partial charge is 0.366 e. The molecule has 0 aliphatic carbocycles. The summed E-state index contributed by atoms with van der Waals surface area (Å²) >= 11 is 0. The van der Waals surface area contributed by atoms with E-state index in [0.29, 0.717) is 18.0 Å². The second kappa shape index (κ2) is 5.91. The van der Waals surface area contributed by atoms with Gasteiger partial charge in [0.15, 0.2) is 0 Å². The molecule has 1 atom stereocenters. The molecule has 2 rings (SSSR count). The van der Waals surface area contributed by atoms with Gasteiger partial charge in [0.25, 0.3) is 0 Å². The lowest BCUT2D eigenvalue weighted by Crippen LogP contribution is -2.46. The lowest BCUT2D eigenvalue weighted by atomic mass is 10.0. The molecule has 0 saturated carbocycles. The molecule has 0 amide bonds. The molecule has 0 spiro atoms. The normalized spacial score (nSPS) is 16.3. The minimum absolute atomic E-state index is 0.134. The number of anilines is 1. The topological polar surface area (TPSA) is 15.3 Å². The van der Waals surface area contributed by atoms with Gasteiger partial charge in [-0.3, -0.25) is 0 Å². The molecule has 19 heavy (non-hydrogen) atoms. The minimum atomic E-state index is -0.134. The van der Waals surface area contributed by atoms with Gasteiger partial charge in [-0.15, -0.1) is 0 Å². The lowest BCUT2D eigenvalue weighted by Gasteiger charge is -2.34. The Morgan fingerprint density at radius 2 is 2.00 bits per heavy atom. The summed E-state index contributed by atoms with van der Waals surface area (Å²) in [6.45, 7) is 10.8. The Hall–Kier alpha value is -1.09. The lowest BCUT2D eigenvalue weighted by molar-refractivity contribution is 0.416. The van der Waals surface area contributed by atoms with Crippen LogP contribution in [0, 0.1) is 11.7 Å². The first-order chi connectivity index (χ1) is 8.99. The molecule has 2 nitrogen and oxygen atoms in total. The van der Waals surface area contributed by atoms with Crippen LogP contribution in [0.25, 0.3) is 0 Å². The van der Waals surface area contributed by atoms with Crippen molar-refractivity contribution in [2.24, 2.45) is 5.92 Å². The van der Waals surface area contributed by atoms with Crippen LogP contribution in [0.1, 0.15) is 33.3 Å². The van der Waals surface area contributed by atoms with Gasteiger partial charge in [0.05, 0.1) is 0 Å². The molecule has 3 heteroatoms. The molecule has 106 valence electrons. The summed E-state index contributed by atoms with van der Waals surface area (Å²) in [4.78, 5) is 2.37. The third kappa shape index (κ3) is 3.27. The van der Waals surface area contributed by atoms with Gasteiger partial charge in [0.1, 0.15) is 5.82 Å². The van der Waals surface area contributed by atoms with Gasteiger partial charge < -0.3 is 10.2 Å². The number of hydrogen-bond acceptors (Lipinski definition) is 2. The first kappa shape index (κ1) is 14.3. The molecular weight excluding hydrogens is 239 g/mol. The highest BCUT2D eigenvalue weighted by molar-refractivity contribution is 5.59. The van der Waals surface area contributed by atoms with Crippen LogP contribution in [0.15, 0.2) is 18.2 Å². The second-order valence-electron chi connectivity index (χ2n) is 6.09. The van der Waals surface area contributed by atoms with Crippen LogP contribution in [-0.2, 0) is 6.42 Å². The Balaban J connectivity index is 2.18. The van der Waals surface area contributed by atoms with Gasteiger partial charge in [-0.05, 0) is 30.0 Å². The third-order valence-corrected chi connectivity index (χ3v) is 3.88. The van der Waals surface area contributed by atoms with E-state index in [1.807, 2.05) is 6.07 Å². The van der Waals surface area contributed by atoms with Gasteiger partial charge in [0.2, 0.25) is 0 Å². The number of halogens is 1. The number of benzene rings is 1. The van der Waals surface area contributed by atoms with Crippen molar-refractivity contribution in [1.82, 2.24) is 5.32 Å². The Bertz CT molecular complexity index is 429. The molecule has 0 fully saturated rings. The summed E-state index contributed by atoms with van der Waals surface area (Å²) < 4.78 is 13.5. The molecule has 0 radical (unpaired) electrons. The fraction of sp³-hybridized carbons (Fsp3) is 0.625. The number of hydrogen-bond donors (Lipinski definition) is 1. The fourth-order valence-corrected chi connectivity index (χ4v) is 2.78. The van der Waals surface area contributed by atoms with Crippen LogP contribution in [0.4, 0.5) is 10.1 Å². The van der Waals surface area contributed by atoms with Crippen LogP contribution < -0.4 is 10.2 Å². The van der Waals surface area contributed by atoms with E-state index in [-0.39, 0.29) is 5.82 Å². The molecular formula is C16H25FN2. The van der Waals surface area contributed by atoms with Gasteiger partial charge in [-0.25, -0.2) is 4.39 Å². The molecule has 1 aromatic carbocycles. The molecule has 1 N–H and O–H groups in total. The summed E-state index contributed by atoms with van der Waals surface area (Å²) in [6.07, 6.45) is 1.03. The molecule has 0 aromatic heterocycles. The minimum Gasteiger partial charge on any atom is -0.366 e. The predicted octanol–water partition coefficient (Wildman–Crippen LogP) is 3.21. The van der Waals surface area contributed by atoms with Gasteiger partial charge in [-0.1, -0.05) is 33.8 Å². The molecule has 1 aliphatic heterocycles. The van der Waals surface area contributed by atoms with Crippen molar-refractivity contribution in [2.75, 3.05) is 18.0 Å². The van der Waals surface area contributed by atoms with Crippen LogP contribution >= 0.6 is 0 Å².